The van der Waals surface area contributed by atoms with Gasteiger partial charge < -0.3 is 14.5 Å². The van der Waals surface area contributed by atoms with Crippen LogP contribution < -0.4 is 0 Å². The molecular weight excluding hydrogens is 473 g/mol. The summed E-state index contributed by atoms with van der Waals surface area (Å²) in [4.78, 5) is 45.6. The lowest BCUT2D eigenvalue weighted by atomic mass is 9.90. The van der Waals surface area contributed by atoms with E-state index in [1.165, 1.54) is 11.0 Å². The van der Waals surface area contributed by atoms with E-state index in [1.807, 2.05) is 12.1 Å². The van der Waals surface area contributed by atoms with Gasteiger partial charge in [-0.25, -0.2) is 9.18 Å². The highest BCUT2D eigenvalue weighted by atomic mass is 19.1. The molecular formula is C29H26FN3O4. The summed E-state index contributed by atoms with van der Waals surface area (Å²) < 4.78 is 21.2. The van der Waals surface area contributed by atoms with E-state index in [9.17, 15) is 14.4 Å². The highest BCUT2D eigenvalue weighted by Crippen LogP contribution is 2.53. The fraction of sp³-hybridized carbons (Fsp3) is 0.310. The molecule has 2 amide bonds. The van der Waals surface area contributed by atoms with E-state index in [0.717, 1.165) is 5.56 Å². The number of esters is 1. The molecule has 3 heterocycles. The fourth-order valence-corrected chi connectivity index (χ4v) is 5.63. The Labute approximate surface area is 213 Å². The average Bonchev–Trinajstić information content (AvgIpc) is 3.52. The Morgan fingerprint density at radius 3 is 2.43 bits per heavy atom. The standard InChI is InChI=1S/C29H26FN3O4/c1-32(2)25(34)24-10-8-19(16-31-24)18-7-9-22(23(30)15-18)28(11-12-28)27(36)33-14-13-29(17-33)21-6-4-3-5-20(21)26(35)37-29/h3-10,15-16H,11-14,17H2,1-2H3. The molecule has 1 aliphatic carbocycles. The lowest BCUT2D eigenvalue weighted by Crippen LogP contribution is -2.40. The van der Waals surface area contributed by atoms with Gasteiger partial charge in [0.25, 0.3) is 5.91 Å². The van der Waals surface area contributed by atoms with Gasteiger partial charge in [-0.1, -0.05) is 36.4 Å². The molecule has 7 nitrogen and oxygen atoms in total. The van der Waals surface area contributed by atoms with Gasteiger partial charge in [0, 0.05) is 49.9 Å². The molecule has 3 aliphatic rings. The smallest absolute Gasteiger partial charge is 0.339 e. The van der Waals surface area contributed by atoms with Crippen molar-refractivity contribution in [2.45, 2.75) is 30.3 Å². The maximum atomic E-state index is 15.5. The number of amides is 2. The van der Waals surface area contributed by atoms with Crippen molar-refractivity contribution < 1.29 is 23.5 Å². The molecule has 0 radical (unpaired) electrons. The van der Waals surface area contributed by atoms with Crippen molar-refractivity contribution in [1.29, 1.82) is 0 Å². The van der Waals surface area contributed by atoms with Gasteiger partial charge >= 0.3 is 5.97 Å². The van der Waals surface area contributed by atoms with Crippen LogP contribution in [0.3, 0.4) is 0 Å². The zero-order chi connectivity index (χ0) is 25.9. The summed E-state index contributed by atoms with van der Waals surface area (Å²) in [6.45, 7) is 0.727. The first kappa shape index (κ1) is 23.3. The number of pyridine rings is 1. The van der Waals surface area contributed by atoms with E-state index in [4.69, 9.17) is 4.74 Å². The lowest BCUT2D eigenvalue weighted by Gasteiger charge is -2.27. The second-order valence-electron chi connectivity index (χ2n) is 10.3. The maximum absolute atomic E-state index is 15.5. The second kappa shape index (κ2) is 8.23. The third-order valence-electron chi connectivity index (χ3n) is 7.81. The van der Waals surface area contributed by atoms with E-state index in [0.29, 0.717) is 53.8 Å². The molecule has 3 aromatic rings. The van der Waals surface area contributed by atoms with Crippen molar-refractivity contribution >= 4 is 17.8 Å². The predicted octanol–water partition coefficient (Wildman–Crippen LogP) is 3.92. The van der Waals surface area contributed by atoms with Gasteiger partial charge in [-0.05, 0) is 36.6 Å². The van der Waals surface area contributed by atoms with Crippen molar-refractivity contribution in [3.8, 4) is 11.1 Å². The van der Waals surface area contributed by atoms with E-state index in [1.54, 1.807) is 61.6 Å². The van der Waals surface area contributed by atoms with Crippen LogP contribution in [0.5, 0.6) is 0 Å². The molecule has 0 N–H and O–H groups in total. The fourth-order valence-electron chi connectivity index (χ4n) is 5.63. The van der Waals surface area contributed by atoms with Crippen molar-refractivity contribution in [3.05, 3.63) is 89.0 Å². The zero-order valence-corrected chi connectivity index (χ0v) is 20.7. The first-order chi connectivity index (χ1) is 17.7. The molecule has 2 fully saturated rings. The highest BCUT2D eigenvalue weighted by Gasteiger charge is 2.58. The monoisotopic (exact) mass is 499 g/mol. The summed E-state index contributed by atoms with van der Waals surface area (Å²) in [5, 5.41) is 0. The SMILES string of the molecule is CN(C)C(=O)c1ccc(-c2ccc(C3(C(=O)N4CCC5(C4)OC(=O)c4ccccc45)CC3)c(F)c2)cn1. The minimum absolute atomic E-state index is 0.121. The van der Waals surface area contributed by atoms with Crippen LogP contribution in [0.4, 0.5) is 4.39 Å². The number of carbonyl (C=O) groups excluding carboxylic acids is 3. The summed E-state index contributed by atoms with van der Waals surface area (Å²) in [6.07, 6.45) is 3.22. The van der Waals surface area contributed by atoms with E-state index < -0.39 is 16.8 Å². The molecule has 1 saturated carbocycles. The number of halogens is 1. The third-order valence-corrected chi connectivity index (χ3v) is 7.81. The molecule has 37 heavy (non-hydrogen) atoms. The van der Waals surface area contributed by atoms with Crippen LogP contribution in [0, 0.1) is 5.82 Å². The normalized spacial score (nSPS) is 21.1. The molecule has 0 bridgehead atoms. The van der Waals surface area contributed by atoms with Gasteiger partial charge in [0.1, 0.15) is 11.5 Å². The summed E-state index contributed by atoms with van der Waals surface area (Å²) in [5.74, 6) is -1.13. The van der Waals surface area contributed by atoms with Crippen molar-refractivity contribution in [3.63, 3.8) is 0 Å². The van der Waals surface area contributed by atoms with Crippen LogP contribution in [-0.2, 0) is 20.5 Å². The number of carbonyl (C=O) groups is 3. The topological polar surface area (TPSA) is 79.8 Å². The van der Waals surface area contributed by atoms with Crippen molar-refractivity contribution in [2.24, 2.45) is 0 Å². The zero-order valence-electron chi connectivity index (χ0n) is 20.7. The Bertz CT molecular complexity index is 1450. The average molecular weight is 500 g/mol. The molecule has 2 aliphatic heterocycles. The number of benzene rings is 2. The molecule has 1 saturated heterocycles. The number of hydrogen-bond acceptors (Lipinski definition) is 5. The van der Waals surface area contributed by atoms with Crippen LogP contribution in [0.25, 0.3) is 11.1 Å². The largest absolute Gasteiger partial charge is 0.449 e. The number of rotatable bonds is 4. The van der Waals surface area contributed by atoms with E-state index in [-0.39, 0.29) is 24.3 Å². The number of fused-ring (bicyclic) bond motifs is 2. The molecule has 2 aromatic carbocycles. The summed E-state index contributed by atoms with van der Waals surface area (Å²) in [5.41, 5.74) is 1.66. The summed E-state index contributed by atoms with van der Waals surface area (Å²) in [7, 11) is 3.31. The van der Waals surface area contributed by atoms with Gasteiger partial charge in [-0.15, -0.1) is 0 Å². The summed E-state index contributed by atoms with van der Waals surface area (Å²) in [6, 6.07) is 15.6. The Morgan fingerprint density at radius 2 is 1.76 bits per heavy atom. The number of likely N-dealkylation sites (tertiary alicyclic amines) is 1. The maximum Gasteiger partial charge on any atom is 0.339 e. The Balaban J connectivity index is 1.23. The molecule has 188 valence electrons. The molecule has 1 aromatic heterocycles. The molecule has 6 rings (SSSR count). The van der Waals surface area contributed by atoms with Crippen LogP contribution in [0.1, 0.15) is 51.2 Å². The number of hydrogen-bond donors (Lipinski definition) is 0. The number of ether oxygens (including phenoxy) is 1. The van der Waals surface area contributed by atoms with Crippen molar-refractivity contribution in [1.82, 2.24) is 14.8 Å². The molecule has 1 atom stereocenters. The Kier molecular flexibility index (Phi) is 5.19. The predicted molar refractivity (Wildman–Crippen MR) is 133 cm³/mol. The Morgan fingerprint density at radius 1 is 1.00 bits per heavy atom. The van der Waals surface area contributed by atoms with Gasteiger partial charge in [-0.2, -0.15) is 0 Å². The van der Waals surface area contributed by atoms with Crippen molar-refractivity contribution in [2.75, 3.05) is 27.2 Å². The second-order valence-corrected chi connectivity index (χ2v) is 10.3. The quantitative estimate of drug-likeness (QED) is 0.509. The van der Waals surface area contributed by atoms with Crippen LogP contribution in [-0.4, -0.2) is 59.8 Å². The van der Waals surface area contributed by atoms with Crippen LogP contribution in [0.2, 0.25) is 0 Å². The lowest BCUT2D eigenvalue weighted by molar-refractivity contribution is -0.134. The minimum atomic E-state index is -0.892. The highest BCUT2D eigenvalue weighted by molar-refractivity contribution is 5.96. The first-order valence-electron chi connectivity index (χ1n) is 12.3. The molecule has 8 heteroatoms. The first-order valence-corrected chi connectivity index (χ1v) is 12.3. The third kappa shape index (κ3) is 3.62. The summed E-state index contributed by atoms with van der Waals surface area (Å²) >= 11 is 0. The van der Waals surface area contributed by atoms with Gasteiger partial charge in [0.15, 0.2) is 5.60 Å². The van der Waals surface area contributed by atoms with Gasteiger partial charge in [0.05, 0.1) is 17.5 Å². The number of aromatic nitrogens is 1. The molecule has 1 spiro atoms. The van der Waals surface area contributed by atoms with Gasteiger partial charge in [-0.3, -0.25) is 14.6 Å². The van der Waals surface area contributed by atoms with E-state index >= 15 is 4.39 Å². The van der Waals surface area contributed by atoms with Crippen LogP contribution in [0.15, 0.2) is 60.8 Å². The van der Waals surface area contributed by atoms with E-state index in [2.05, 4.69) is 4.98 Å². The minimum Gasteiger partial charge on any atom is -0.449 e. The molecule has 1 unspecified atom stereocenters. The van der Waals surface area contributed by atoms with Crippen LogP contribution >= 0.6 is 0 Å². The number of nitrogens with zero attached hydrogens (tertiary/aromatic N) is 3. The Hall–Kier alpha value is -4.07. The van der Waals surface area contributed by atoms with Gasteiger partial charge in [0.2, 0.25) is 5.91 Å².